The van der Waals surface area contributed by atoms with E-state index >= 15 is 0 Å². The Hall–Kier alpha value is 0.260. The van der Waals surface area contributed by atoms with E-state index < -0.39 is 0 Å². The Morgan fingerprint density at radius 2 is 1.48 bits per heavy atom. The predicted molar refractivity (Wildman–Crippen MR) is 127 cm³/mol. The first-order chi connectivity index (χ1) is 12.5. The summed E-state index contributed by atoms with van der Waals surface area (Å²) in [5, 5.41) is 8.66. The number of rotatable bonds is 5. The van der Waals surface area contributed by atoms with Gasteiger partial charge in [-0.25, -0.2) is 0 Å². The van der Waals surface area contributed by atoms with Crippen molar-refractivity contribution in [2.45, 2.75) is 101 Å². The molecule has 2 saturated heterocycles. The fourth-order valence-electron chi connectivity index (χ4n) is 5.65. The molecule has 0 bridgehead atoms. The Morgan fingerprint density at radius 1 is 0.963 bits per heavy atom. The summed E-state index contributed by atoms with van der Waals surface area (Å²) in [7, 11) is 3.27. The van der Waals surface area contributed by atoms with Crippen LogP contribution in [0.25, 0.3) is 0 Å². The van der Waals surface area contributed by atoms with Crippen LogP contribution in [0.15, 0.2) is 23.3 Å². The van der Waals surface area contributed by atoms with E-state index in [1.54, 1.807) is 11.1 Å². The van der Waals surface area contributed by atoms with Crippen molar-refractivity contribution in [3.8, 4) is 0 Å². The fourth-order valence-corrected chi connectivity index (χ4v) is 10.1. The third-order valence-corrected chi connectivity index (χ3v) is 11.8. The largest absolute Gasteiger partial charge is 0.313 e. The van der Waals surface area contributed by atoms with Gasteiger partial charge in [-0.1, -0.05) is 61.6 Å². The van der Waals surface area contributed by atoms with Crippen molar-refractivity contribution < 1.29 is 0 Å². The second-order valence-corrected chi connectivity index (χ2v) is 15.6. The quantitative estimate of drug-likeness (QED) is 0.592. The molecule has 0 aromatic heterocycles. The van der Waals surface area contributed by atoms with Crippen molar-refractivity contribution in [3.63, 3.8) is 0 Å². The van der Waals surface area contributed by atoms with Crippen LogP contribution >= 0.6 is 17.2 Å². The topological polar surface area (TPSA) is 24.1 Å². The highest BCUT2D eigenvalue weighted by Gasteiger charge is 2.48. The zero-order valence-corrected chi connectivity index (χ0v) is 20.5. The first kappa shape index (κ1) is 22.0. The van der Waals surface area contributed by atoms with Gasteiger partial charge in [-0.15, -0.1) is 9.24 Å². The van der Waals surface area contributed by atoms with Crippen LogP contribution in [0.1, 0.15) is 73.6 Å². The molecule has 2 nitrogen and oxygen atoms in total. The van der Waals surface area contributed by atoms with Crippen molar-refractivity contribution in [1.29, 1.82) is 0 Å². The Bertz CT molecular complexity index is 552. The average Bonchev–Trinajstić information content (AvgIpc) is 3.32. The van der Waals surface area contributed by atoms with Gasteiger partial charge >= 0.3 is 0 Å². The van der Waals surface area contributed by atoms with Crippen LogP contribution < -0.4 is 10.6 Å². The normalized spacial score (nSPS) is 29.2. The lowest BCUT2D eigenvalue weighted by molar-refractivity contribution is 0.382. The second-order valence-electron chi connectivity index (χ2n) is 10.8. The molecule has 3 aliphatic rings. The molecule has 2 heterocycles. The first-order valence-electron chi connectivity index (χ1n) is 11.0. The van der Waals surface area contributed by atoms with Crippen LogP contribution in [-0.4, -0.2) is 46.8 Å². The van der Waals surface area contributed by atoms with Crippen molar-refractivity contribution in [1.82, 2.24) is 10.6 Å². The lowest BCUT2D eigenvalue weighted by atomic mass is 9.80. The SMILES string of the molecule is CC(C)(C)P(CC1=C(C(P)(C2CCCN2)C2CCCN2)CC=C1)C(C)(C)C. The maximum absolute atomic E-state index is 3.87. The molecule has 2 fully saturated rings. The lowest BCUT2D eigenvalue weighted by Crippen LogP contribution is -2.56. The van der Waals surface area contributed by atoms with Crippen LogP contribution in [0, 0.1) is 0 Å². The molecule has 1 aliphatic carbocycles. The molecule has 154 valence electrons. The highest BCUT2D eigenvalue weighted by Crippen LogP contribution is 2.61. The molecule has 0 spiro atoms. The van der Waals surface area contributed by atoms with Gasteiger partial charge in [0.2, 0.25) is 0 Å². The minimum Gasteiger partial charge on any atom is -0.313 e. The van der Waals surface area contributed by atoms with Crippen LogP contribution in [-0.2, 0) is 0 Å². The van der Waals surface area contributed by atoms with Gasteiger partial charge in [0.25, 0.3) is 0 Å². The lowest BCUT2D eigenvalue weighted by Gasteiger charge is -2.45. The highest BCUT2D eigenvalue weighted by molar-refractivity contribution is 7.61. The first-order valence-corrected chi connectivity index (χ1v) is 13.1. The van der Waals surface area contributed by atoms with E-state index in [1.165, 1.54) is 44.9 Å². The van der Waals surface area contributed by atoms with E-state index in [1.807, 2.05) is 0 Å². The Balaban J connectivity index is 1.97. The third kappa shape index (κ3) is 4.55. The highest BCUT2D eigenvalue weighted by atomic mass is 31.1. The average molecular weight is 409 g/mol. The fraction of sp³-hybridized carbons (Fsp3) is 0.826. The van der Waals surface area contributed by atoms with Gasteiger partial charge < -0.3 is 10.6 Å². The standard InChI is InChI=1S/C23H42N2P2/c1-21(2,3)27(22(4,5)6)16-17-10-7-11-18(17)23(26,19-12-8-14-24-19)20-13-9-15-25-20/h7,10,19-20,24-25H,8-9,11-16,26H2,1-6H3. The molecule has 2 aliphatic heterocycles. The summed E-state index contributed by atoms with van der Waals surface area (Å²) in [6.45, 7) is 17.1. The minimum absolute atomic E-state index is 0.111. The van der Waals surface area contributed by atoms with Crippen molar-refractivity contribution in [3.05, 3.63) is 23.3 Å². The summed E-state index contributed by atoms with van der Waals surface area (Å²) >= 11 is 0. The van der Waals surface area contributed by atoms with E-state index in [0.717, 1.165) is 6.42 Å². The van der Waals surface area contributed by atoms with Gasteiger partial charge in [0.1, 0.15) is 0 Å². The number of hydrogen-bond acceptors (Lipinski definition) is 2. The number of nitrogens with one attached hydrogen (secondary N) is 2. The Kier molecular flexibility index (Phi) is 6.65. The number of allylic oxidation sites excluding steroid dienone is 3. The summed E-state index contributed by atoms with van der Waals surface area (Å²) in [6.07, 6.45) is 12.6. The summed E-state index contributed by atoms with van der Waals surface area (Å²) in [5.74, 6) is 0. The maximum Gasteiger partial charge on any atom is 0.0370 e. The molecule has 3 atom stereocenters. The summed E-state index contributed by atoms with van der Waals surface area (Å²) in [6, 6.07) is 1.19. The predicted octanol–water partition coefficient (Wildman–Crippen LogP) is 5.44. The molecule has 0 amide bonds. The number of hydrogen-bond donors (Lipinski definition) is 2. The van der Waals surface area contributed by atoms with E-state index in [-0.39, 0.29) is 13.1 Å². The maximum atomic E-state index is 3.87. The van der Waals surface area contributed by atoms with E-state index in [2.05, 4.69) is 73.6 Å². The van der Waals surface area contributed by atoms with Gasteiger partial charge in [-0.3, -0.25) is 0 Å². The molecule has 27 heavy (non-hydrogen) atoms. The zero-order chi connectivity index (χ0) is 19.9. The van der Waals surface area contributed by atoms with E-state index in [0.29, 0.717) is 22.4 Å². The summed E-state index contributed by atoms with van der Waals surface area (Å²) < 4.78 is 0. The molecular formula is C23H42N2P2. The van der Waals surface area contributed by atoms with Crippen LogP contribution in [0.3, 0.4) is 0 Å². The zero-order valence-electron chi connectivity index (χ0n) is 18.5. The van der Waals surface area contributed by atoms with Crippen molar-refractivity contribution in [2.75, 3.05) is 19.3 Å². The van der Waals surface area contributed by atoms with E-state index in [4.69, 9.17) is 0 Å². The second kappa shape index (κ2) is 8.18. The van der Waals surface area contributed by atoms with E-state index in [9.17, 15) is 0 Å². The van der Waals surface area contributed by atoms with Gasteiger partial charge in [0.05, 0.1) is 0 Å². The minimum atomic E-state index is -0.111. The van der Waals surface area contributed by atoms with Gasteiger partial charge in [-0.05, 0) is 72.8 Å². The molecule has 0 aromatic rings. The van der Waals surface area contributed by atoms with Crippen LogP contribution in [0.2, 0.25) is 0 Å². The molecular weight excluding hydrogens is 366 g/mol. The summed E-state index contributed by atoms with van der Waals surface area (Å²) in [4.78, 5) is 0. The molecule has 4 heteroatoms. The molecule has 0 aromatic carbocycles. The smallest absolute Gasteiger partial charge is 0.0370 e. The monoisotopic (exact) mass is 408 g/mol. The molecule has 0 radical (unpaired) electrons. The third-order valence-electron chi connectivity index (χ3n) is 6.77. The van der Waals surface area contributed by atoms with Gasteiger partial charge in [0, 0.05) is 17.2 Å². The molecule has 2 N–H and O–H groups in total. The molecule has 0 saturated carbocycles. The van der Waals surface area contributed by atoms with Crippen molar-refractivity contribution >= 4 is 17.2 Å². The Labute approximate surface area is 171 Å². The van der Waals surface area contributed by atoms with Crippen LogP contribution in [0.4, 0.5) is 0 Å². The Morgan fingerprint density at radius 3 is 1.89 bits per heavy atom. The van der Waals surface area contributed by atoms with Crippen molar-refractivity contribution in [2.24, 2.45) is 0 Å². The van der Waals surface area contributed by atoms with Crippen LogP contribution in [0.5, 0.6) is 0 Å². The van der Waals surface area contributed by atoms with Gasteiger partial charge in [0.15, 0.2) is 0 Å². The molecule has 3 unspecified atom stereocenters. The molecule has 3 rings (SSSR count). The summed E-state index contributed by atoms with van der Waals surface area (Å²) in [5.41, 5.74) is 3.37. The van der Waals surface area contributed by atoms with Gasteiger partial charge in [-0.2, -0.15) is 0 Å².